The molecule has 1 aliphatic heterocycles. The molecule has 0 fully saturated rings. The Labute approximate surface area is 86.6 Å². The van der Waals surface area contributed by atoms with E-state index >= 15 is 0 Å². The van der Waals surface area contributed by atoms with Crippen LogP contribution in [-0.4, -0.2) is 13.3 Å². The second kappa shape index (κ2) is 2.79. The normalized spacial score (nSPS) is 14.2. The predicted molar refractivity (Wildman–Crippen MR) is 57.1 cm³/mol. The van der Waals surface area contributed by atoms with Gasteiger partial charge in [-0.2, -0.15) is 0 Å². The van der Waals surface area contributed by atoms with Gasteiger partial charge in [0.15, 0.2) is 0 Å². The third-order valence-corrected chi connectivity index (χ3v) is 2.56. The first kappa shape index (κ1) is 8.67. The van der Waals surface area contributed by atoms with Crippen molar-refractivity contribution in [3.05, 3.63) is 26.4 Å². The average molecular weight is 291 g/mol. The second-order valence-corrected chi connectivity index (χ2v) is 4.03. The Morgan fingerprint density at radius 3 is 2.92 bits per heavy atom. The molecule has 68 valence electrons. The third-order valence-electron chi connectivity index (χ3n) is 1.94. The molecule has 1 N–H and O–H groups in total. The summed E-state index contributed by atoms with van der Waals surface area (Å²) in [5, 5.41) is 0. The lowest BCUT2D eigenvalue weighted by atomic mass is 10.2. The van der Waals surface area contributed by atoms with Crippen molar-refractivity contribution in [2.24, 2.45) is 12.0 Å². The van der Waals surface area contributed by atoms with Gasteiger partial charge in [0.1, 0.15) is 5.82 Å². The van der Waals surface area contributed by atoms with Gasteiger partial charge in [0.05, 0.1) is 9.28 Å². The number of nitrogens with one attached hydrogen (secondary N) is 1. The minimum atomic E-state index is -0.418. The highest BCUT2D eigenvalue weighted by Crippen LogP contribution is 2.22. The van der Waals surface area contributed by atoms with Crippen molar-refractivity contribution in [1.29, 1.82) is 0 Å². The third kappa shape index (κ3) is 1.25. The van der Waals surface area contributed by atoms with Crippen molar-refractivity contribution in [3.8, 4) is 0 Å². The van der Waals surface area contributed by atoms with Gasteiger partial charge in [-0.05, 0) is 22.6 Å². The number of aromatic amines is 1. The summed E-state index contributed by atoms with van der Waals surface area (Å²) in [6.07, 6.45) is 0.527. The molecular formula is C7H6IN3O2. The standard InChI is InChI=1S/C7H6IN3O2/c1-11-5-3(2-4(8)9-5)6(12)10-7(11)13/h2H2,1H3,(H,10,12,13). The lowest BCUT2D eigenvalue weighted by Crippen LogP contribution is -2.29. The van der Waals surface area contributed by atoms with Crippen LogP contribution in [-0.2, 0) is 13.5 Å². The number of hydrogen-bond donors (Lipinski definition) is 1. The topological polar surface area (TPSA) is 67.2 Å². The van der Waals surface area contributed by atoms with Gasteiger partial charge in [-0.1, -0.05) is 0 Å². The van der Waals surface area contributed by atoms with E-state index in [1.54, 1.807) is 7.05 Å². The maximum absolute atomic E-state index is 11.3. The number of hydrogen-bond acceptors (Lipinski definition) is 3. The second-order valence-electron chi connectivity index (χ2n) is 2.79. The molecule has 2 rings (SSSR count). The fourth-order valence-electron chi connectivity index (χ4n) is 1.26. The minimum absolute atomic E-state index is 0.325. The quantitative estimate of drug-likeness (QED) is 0.689. The van der Waals surface area contributed by atoms with E-state index in [1.807, 2.05) is 0 Å². The zero-order chi connectivity index (χ0) is 9.59. The molecular weight excluding hydrogens is 285 g/mol. The maximum atomic E-state index is 11.3. The Hall–Kier alpha value is -0.920. The van der Waals surface area contributed by atoms with E-state index in [-0.39, 0.29) is 5.56 Å². The molecule has 0 radical (unpaired) electrons. The summed E-state index contributed by atoms with van der Waals surface area (Å²) in [6.45, 7) is 0. The van der Waals surface area contributed by atoms with E-state index in [9.17, 15) is 9.59 Å². The van der Waals surface area contributed by atoms with E-state index in [1.165, 1.54) is 4.57 Å². The van der Waals surface area contributed by atoms with E-state index in [4.69, 9.17) is 0 Å². The smallest absolute Gasteiger partial charge is 0.281 e. The number of H-pyrrole nitrogens is 1. The summed E-state index contributed by atoms with van der Waals surface area (Å²) in [7, 11) is 1.59. The molecule has 0 aromatic carbocycles. The summed E-state index contributed by atoms with van der Waals surface area (Å²) in [6, 6.07) is 0. The van der Waals surface area contributed by atoms with E-state index < -0.39 is 5.69 Å². The first-order valence-corrected chi connectivity index (χ1v) is 4.72. The SMILES string of the molecule is Cn1c2c(c(=O)[nH]c1=O)CC(I)=N2. The lowest BCUT2D eigenvalue weighted by molar-refractivity contribution is 0.796. The molecule has 2 heterocycles. The number of nitrogens with zero attached hydrogens (tertiary/aromatic N) is 2. The molecule has 1 aromatic heterocycles. The van der Waals surface area contributed by atoms with Crippen LogP contribution in [0.3, 0.4) is 0 Å². The van der Waals surface area contributed by atoms with Crippen molar-refractivity contribution in [1.82, 2.24) is 9.55 Å². The van der Waals surface area contributed by atoms with E-state index in [0.29, 0.717) is 17.8 Å². The van der Waals surface area contributed by atoms with Crippen LogP contribution in [0, 0.1) is 0 Å². The highest BCUT2D eigenvalue weighted by atomic mass is 127. The van der Waals surface area contributed by atoms with Gasteiger partial charge in [0.25, 0.3) is 5.56 Å². The van der Waals surface area contributed by atoms with Gasteiger partial charge in [-0.3, -0.25) is 14.3 Å². The molecule has 1 aromatic rings. The number of halogens is 1. The Morgan fingerprint density at radius 1 is 1.54 bits per heavy atom. The first-order chi connectivity index (χ1) is 6.09. The molecule has 0 saturated heterocycles. The van der Waals surface area contributed by atoms with Crippen molar-refractivity contribution in [2.45, 2.75) is 6.42 Å². The largest absolute Gasteiger partial charge is 0.329 e. The van der Waals surface area contributed by atoms with Crippen LogP contribution < -0.4 is 11.2 Å². The van der Waals surface area contributed by atoms with Crippen molar-refractivity contribution >= 4 is 32.1 Å². The molecule has 0 spiro atoms. The summed E-state index contributed by atoms with van der Waals surface area (Å²) in [5.41, 5.74) is -0.168. The molecule has 1 aliphatic rings. The van der Waals surface area contributed by atoms with E-state index in [2.05, 4.69) is 32.6 Å². The highest BCUT2D eigenvalue weighted by molar-refractivity contribution is 14.1. The van der Waals surface area contributed by atoms with Gasteiger partial charge >= 0.3 is 5.69 Å². The molecule has 0 amide bonds. The van der Waals surface area contributed by atoms with Crippen LogP contribution in [0.25, 0.3) is 0 Å². The van der Waals surface area contributed by atoms with Crippen LogP contribution >= 0.6 is 22.6 Å². The molecule has 0 aliphatic carbocycles. The fourth-order valence-corrected chi connectivity index (χ4v) is 1.87. The summed E-state index contributed by atoms with van der Waals surface area (Å²) in [4.78, 5) is 28.8. The fraction of sp³-hybridized carbons (Fsp3) is 0.286. The molecule has 13 heavy (non-hydrogen) atoms. The van der Waals surface area contributed by atoms with E-state index in [0.717, 1.165) is 3.72 Å². The van der Waals surface area contributed by atoms with Crippen molar-refractivity contribution in [3.63, 3.8) is 0 Å². The zero-order valence-electron chi connectivity index (χ0n) is 6.80. The van der Waals surface area contributed by atoms with Gasteiger partial charge in [0, 0.05) is 13.5 Å². The van der Waals surface area contributed by atoms with Crippen LogP contribution in [0.1, 0.15) is 5.56 Å². The van der Waals surface area contributed by atoms with Gasteiger partial charge < -0.3 is 0 Å². The van der Waals surface area contributed by atoms with Crippen molar-refractivity contribution < 1.29 is 0 Å². The average Bonchev–Trinajstić information content (AvgIpc) is 2.44. The van der Waals surface area contributed by atoms with Gasteiger partial charge in [-0.15, -0.1) is 0 Å². The predicted octanol–water partition coefficient (Wildman–Crippen LogP) is 0.0947. The van der Waals surface area contributed by atoms with Crippen LogP contribution in [0.4, 0.5) is 5.82 Å². The Morgan fingerprint density at radius 2 is 2.23 bits per heavy atom. The monoisotopic (exact) mass is 291 g/mol. The Bertz CT molecular complexity index is 511. The zero-order valence-corrected chi connectivity index (χ0v) is 8.95. The Balaban J connectivity index is 2.87. The number of fused-ring (bicyclic) bond motifs is 1. The first-order valence-electron chi connectivity index (χ1n) is 3.65. The molecule has 5 nitrogen and oxygen atoms in total. The molecule has 0 bridgehead atoms. The van der Waals surface area contributed by atoms with Gasteiger partial charge in [-0.25, -0.2) is 9.79 Å². The highest BCUT2D eigenvalue weighted by Gasteiger charge is 2.19. The molecule has 0 atom stereocenters. The summed E-state index contributed by atoms with van der Waals surface area (Å²) < 4.78 is 2.18. The number of rotatable bonds is 0. The van der Waals surface area contributed by atoms with Crippen LogP contribution in [0.15, 0.2) is 14.6 Å². The summed E-state index contributed by atoms with van der Waals surface area (Å²) >= 11 is 2.05. The molecule has 0 unspecified atom stereocenters. The number of aromatic nitrogens is 2. The molecule has 6 heteroatoms. The molecule has 0 saturated carbocycles. The van der Waals surface area contributed by atoms with Crippen molar-refractivity contribution in [2.75, 3.05) is 0 Å². The van der Waals surface area contributed by atoms with Crippen LogP contribution in [0.5, 0.6) is 0 Å². The van der Waals surface area contributed by atoms with Gasteiger partial charge in [0.2, 0.25) is 0 Å². The Kier molecular flexibility index (Phi) is 1.86. The number of aliphatic imine (C=N–C) groups is 1. The maximum Gasteiger partial charge on any atom is 0.329 e. The summed E-state index contributed by atoms with van der Waals surface area (Å²) in [5.74, 6) is 0.484. The lowest BCUT2D eigenvalue weighted by Gasteiger charge is -2.00. The minimum Gasteiger partial charge on any atom is -0.281 e. The van der Waals surface area contributed by atoms with Crippen LogP contribution in [0.2, 0.25) is 0 Å².